The van der Waals surface area contributed by atoms with Crippen molar-refractivity contribution >= 4 is 23.4 Å². The first kappa shape index (κ1) is 34.8. The van der Waals surface area contributed by atoms with Gasteiger partial charge in [-0.05, 0) is 72.9 Å². The van der Waals surface area contributed by atoms with Crippen molar-refractivity contribution in [2.45, 2.75) is 105 Å². The number of fused-ring (bicyclic) bond motifs is 5. The summed E-state index contributed by atoms with van der Waals surface area (Å²) in [4.78, 5) is 41.1. The van der Waals surface area contributed by atoms with Gasteiger partial charge in [0.25, 0.3) is 0 Å². The molecule has 46 heavy (non-hydrogen) atoms. The lowest BCUT2D eigenvalue weighted by molar-refractivity contribution is -0.133. The van der Waals surface area contributed by atoms with Crippen LogP contribution in [-0.4, -0.2) is 57.5 Å². The number of hydrogen-bond donors (Lipinski definition) is 2. The first-order chi connectivity index (χ1) is 21.5. The minimum absolute atomic E-state index is 0.000806. The van der Waals surface area contributed by atoms with E-state index in [0.29, 0.717) is 32.4 Å². The van der Waals surface area contributed by atoms with Gasteiger partial charge in [0.1, 0.15) is 5.69 Å². The summed E-state index contributed by atoms with van der Waals surface area (Å²) >= 11 is 0. The van der Waals surface area contributed by atoms with Gasteiger partial charge in [-0.2, -0.15) is 0 Å². The zero-order valence-corrected chi connectivity index (χ0v) is 28.9. The highest BCUT2D eigenvalue weighted by molar-refractivity contribution is 6.02. The largest absolute Gasteiger partial charge is 0.376 e. The first-order valence-electron chi connectivity index (χ1n) is 16.2. The van der Waals surface area contributed by atoms with Crippen LogP contribution in [0, 0.1) is 5.41 Å². The number of nitrogens with one attached hydrogen (secondary N) is 2. The number of nitrogens with zero attached hydrogens (tertiary/aromatic N) is 4. The smallest absolute Gasteiger partial charge is 0.246 e. The molecule has 0 saturated heterocycles. The van der Waals surface area contributed by atoms with Crippen LogP contribution < -0.4 is 15.5 Å². The Bertz CT molecular complexity index is 1570. The monoisotopic (exact) mass is 630 g/mol. The van der Waals surface area contributed by atoms with Crippen LogP contribution in [0.15, 0.2) is 48.5 Å². The van der Waals surface area contributed by atoms with Crippen LogP contribution >= 0.6 is 0 Å². The summed E-state index contributed by atoms with van der Waals surface area (Å²) in [7, 11) is 0. The van der Waals surface area contributed by atoms with Gasteiger partial charge >= 0.3 is 0 Å². The predicted molar refractivity (Wildman–Crippen MR) is 181 cm³/mol. The van der Waals surface area contributed by atoms with E-state index in [1.54, 1.807) is 4.90 Å². The predicted octanol–water partition coefficient (Wildman–Crippen LogP) is 5.85. The van der Waals surface area contributed by atoms with Crippen LogP contribution in [0.3, 0.4) is 0 Å². The summed E-state index contributed by atoms with van der Waals surface area (Å²) in [6.07, 6.45) is 1.40. The number of hydrogen-bond acceptors (Lipinski definition) is 6. The van der Waals surface area contributed by atoms with Crippen LogP contribution in [0.1, 0.15) is 87.1 Å². The van der Waals surface area contributed by atoms with Gasteiger partial charge in [-0.25, -0.2) is 4.68 Å². The third-order valence-corrected chi connectivity index (χ3v) is 8.30. The molecule has 1 aliphatic heterocycles. The van der Waals surface area contributed by atoms with E-state index in [9.17, 15) is 14.4 Å². The van der Waals surface area contributed by atoms with Crippen molar-refractivity contribution in [3.8, 4) is 22.5 Å². The number of anilines is 1. The SMILES string of the molecule is CC(C)NC(=O)CCC(C)(C)OCCC(C)(C)C(=O)NCC(=O)N1Cc2ccccc2-c2nnn(C(C)(C)C)c2-c2ccccc21. The van der Waals surface area contributed by atoms with Gasteiger partial charge in [0.15, 0.2) is 0 Å². The second kappa shape index (κ2) is 13.7. The van der Waals surface area contributed by atoms with E-state index in [4.69, 9.17) is 4.74 Å². The molecule has 0 atom stereocenters. The van der Waals surface area contributed by atoms with Crippen LogP contribution in [0.4, 0.5) is 5.69 Å². The van der Waals surface area contributed by atoms with Crippen LogP contribution in [0.5, 0.6) is 0 Å². The molecular formula is C36H50N6O4. The van der Waals surface area contributed by atoms with Crippen LogP contribution in [0.2, 0.25) is 0 Å². The number of benzene rings is 2. The molecule has 0 saturated carbocycles. The Morgan fingerprint density at radius 1 is 0.913 bits per heavy atom. The summed E-state index contributed by atoms with van der Waals surface area (Å²) in [6, 6.07) is 15.8. The minimum Gasteiger partial charge on any atom is -0.376 e. The standard InChI is InChI=1S/C36H50N6O4/c1-24(2)38-29(43)18-19-36(8,9)46-21-20-35(6,7)33(45)37-22-30(44)41-23-25-14-10-11-15-26(25)31-32(27-16-12-13-17-28(27)41)42(40-39-31)34(3,4)5/h10-17,24H,18-23H2,1-9H3,(H,37,45)(H,38,43). The van der Waals surface area contributed by atoms with Crippen molar-refractivity contribution in [3.05, 3.63) is 54.1 Å². The third kappa shape index (κ3) is 8.20. The van der Waals surface area contributed by atoms with Crippen molar-refractivity contribution in [3.63, 3.8) is 0 Å². The van der Waals surface area contributed by atoms with E-state index in [1.165, 1.54) is 0 Å². The Hall–Kier alpha value is -4.05. The van der Waals surface area contributed by atoms with E-state index in [2.05, 4.69) is 41.7 Å². The average Bonchev–Trinajstić information content (AvgIpc) is 3.42. The quantitative estimate of drug-likeness (QED) is 0.275. The molecule has 248 valence electrons. The fourth-order valence-corrected chi connectivity index (χ4v) is 5.52. The maximum atomic E-state index is 14.0. The summed E-state index contributed by atoms with van der Waals surface area (Å²) in [5.41, 5.74) is 3.46. The molecule has 2 N–H and O–H groups in total. The number of carbonyl (C=O) groups is 3. The van der Waals surface area contributed by atoms with Gasteiger partial charge in [-0.3, -0.25) is 14.4 Å². The van der Waals surface area contributed by atoms with E-state index < -0.39 is 11.0 Å². The van der Waals surface area contributed by atoms with Crippen molar-refractivity contribution in [2.75, 3.05) is 18.1 Å². The Morgan fingerprint density at radius 2 is 1.57 bits per heavy atom. The van der Waals surface area contributed by atoms with Crippen molar-refractivity contribution in [2.24, 2.45) is 5.41 Å². The molecule has 1 aliphatic rings. The molecule has 0 radical (unpaired) electrons. The number of amides is 3. The van der Waals surface area contributed by atoms with E-state index >= 15 is 0 Å². The average molecular weight is 631 g/mol. The summed E-state index contributed by atoms with van der Waals surface area (Å²) in [6.45, 7) is 18.2. The molecule has 0 unspecified atom stereocenters. The molecule has 0 bridgehead atoms. The molecule has 0 fully saturated rings. The molecule has 3 aromatic rings. The van der Waals surface area contributed by atoms with E-state index in [0.717, 1.165) is 33.8 Å². The second-order valence-electron chi connectivity index (χ2n) is 14.7. The maximum absolute atomic E-state index is 14.0. The Kier molecular flexibility index (Phi) is 10.4. The molecule has 10 nitrogen and oxygen atoms in total. The Morgan fingerprint density at radius 3 is 2.24 bits per heavy atom. The van der Waals surface area contributed by atoms with E-state index in [-0.39, 0.29) is 35.8 Å². The van der Waals surface area contributed by atoms with Crippen molar-refractivity contribution in [1.82, 2.24) is 25.6 Å². The highest BCUT2D eigenvalue weighted by Gasteiger charge is 2.33. The molecule has 3 amide bonds. The van der Waals surface area contributed by atoms with Crippen molar-refractivity contribution in [1.29, 1.82) is 0 Å². The molecule has 1 aromatic heterocycles. The fraction of sp³-hybridized carbons (Fsp3) is 0.528. The van der Waals surface area contributed by atoms with Gasteiger partial charge in [0, 0.05) is 35.6 Å². The summed E-state index contributed by atoms with van der Waals surface area (Å²) in [5.74, 6) is -0.447. The van der Waals surface area contributed by atoms with E-state index in [1.807, 2.05) is 94.8 Å². The number of aromatic nitrogens is 3. The highest BCUT2D eigenvalue weighted by Crippen LogP contribution is 2.42. The van der Waals surface area contributed by atoms with Crippen molar-refractivity contribution < 1.29 is 19.1 Å². The molecule has 2 heterocycles. The molecule has 2 aromatic carbocycles. The molecule has 0 aliphatic carbocycles. The highest BCUT2D eigenvalue weighted by atomic mass is 16.5. The zero-order chi connectivity index (χ0) is 33.9. The van der Waals surface area contributed by atoms with Crippen LogP contribution in [0.25, 0.3) is 22.5 Å². The fourth-order valence-electron chi connectivity index (χ4n) is 5.52. The number of para-hydroxylation sites is 1. The Labute approximate surface area is 273 Å². The van der Waals surface area contributed by atoms with Crippen LogP contribution in [-0.2, 0) is 31.2 Å². The number of ether oxygens (including phenoxy) is 1. The maximum Gasteiger partial charge on any atom is 0.246 e. The lowest BCUT2D eigenvalue weighted by atomic mass is 9.88. The molecule has 0 spiro atoms. The minimum atomic E-state index is -0.772. The third-order valence-electron chi connectivity index (χ3n) is 8.30. The summed E-state index contributed by atoms with van der Waals surface area (Å²) in [5, 5.41) is 15.0. The number of carbonyl (C=O) groups excluding carboxylic acids is 3. The van der Waals surface area contributed by atoms with Gasteiger partial charge in [-0.15, -0.1) is 5.10 Å². The first-order valence-corrected chi connectivity index (χ1v) is 16.2. The second-order valence-corrected chi connectivity index (χ2v) is 14.7. The van der Waals surface area contributed by atoms with Gasteiger partial charge in [0.05, 0.1) is 35.6 Å². The lowest BCUT2D eigenvalue weighted by Gasteiger charge is -2.31. The molecular weight excluding hydrogens is 580 g/mol. The lowest BCUT2D eigenvalue weighted by Crippen LogP contribution is -2.45. The number of rotatable bonds is 11. The molecule has 10 heteroatoms. The topological polar surface area (TPSA) is 118 Å². The summed E-state index contributed by atoms with van der Waals surface area (Å²) < 4.78 is 8.01. The van der Waals surface area contributed by atoms with Gasteiger partial charge in [-0.1, -0.05) is 61.5 Å². The Balaban J connectivity index is 1.47. The van der Waals surface area contributed by atoms with Gasteiger partial charge < -0.3 is 20.3 Å². The normalized spacial score (nSPS) is 13.3. The molecule has 4 rings (SSSR count). The zero-order valence-electron chi connectivity index (χ0n) is 28.9. The van der Waals surface area contributed by atoms with Gasteiger partial charge in [0.2, 0.25) is 17.7 Å².